The topological polar surface area (TPSA) is 82.0 Å². The Morgan fingerprint density at radius 3 is 2.39 bits per heavy atom. The molecular weight excluding hydrogens is 333 g/mol. The molecule has 0 aliphatic carbocycles. The molecule has 3 aromatic rings. The molecule has 0 bridgehead atoms. The molecule has 0 spiro atoms. The Kier molecular flexibility index (Phi) is 3.54. The van der Waals surface area contributed by atoms with Crippen LogP contribution >= 0.6 is 11.8 Å². The van der Waals surface area contributed by atoms with Crippen molar-refractivity contribution in [3.8, 4) is 0 Å². The zero-order valence-corrected chi connectivity index (χ0v) is 13.1. The van der Waals surface area contributed by atoms with Gasteiger partial charge in [-0.05, 0) is 23.9 Å². The molecule has 0 aliphatic rings. The van der Waals surface area contributed by atoms with Crippen LogP contribution in [-0.2, 0) is 11.6 Å². The van der Waals surface area contributed by atoms with Crippen molar-refractivity contribution in [3.63, 3.8) is 0 Å². The Morgan fingerprint density at radius 2 is 1.78 bits per heavy atom. The zero-order chi connectivity index (χ0) is 16.8. The van der Waals surface area contributed by atoms with E-state index < -0.39 is 12.0 Å². The molecule has 0 fully saturated rings. The monoisotopic (exact) mass is 344 g/mol. The molecule has 0 saturated carbocycles. The van der Waals surface area contributed by atoms with Crippen LogP contribution in [0.4, 0.5) is 13.2 Å². The van der Waals surface area contributed by atoms with Crippen molar-refractivity contribution in [3.05, 3.63) is 23.8 Å². The third-order valence-corrected chi connectivity index (χ3v) is 3.50. The first-order valence-electron chi connectivity index (χ1n) is 6.46. The summed E-state index contributed by atoms with van der Waals surface area (Å²) < 4.78 is 44.6. The summed E-state index contributed by atoms with van der Waals surface area (Å²) in [6.45, 7) is 5.73. The first kappa shape index (κ1) is 15.7. The molecular formula is C12H11F3N6OS. The standard InChI is InChI=1S/C12H11F3N6OS/c1-11(2,3)9-18-19-10(22-9)23-7-5-4-6-16-17-8(12(13,14)15)21(6)20-7/h4-5H,1-3H3. The number of fused-ring (bicyclic) bond motifs is 1. The van der Waals surface area contributed by atoms with E-state index in [0.29, 0.717) is 10.4 Å². The van der Waals surface area contributed by atoms with Crippen LogP contribution in [0.1, 0.15) is 32.5 Å². The summed E-state index contributed by atoms with van der Waals surface area (Å²) in [7, 11) is 0. The molecule has 0 atom stereocenters. The van der Waals surface area contributed by atoms with Gasteiger partial charge in [-0.1, -0.05) is 20.8 Å². The highest BCUT2D eigenvalue weighted by Crippen LogP contribution is 2.30. The minimum absolute atomic E-state index is 0.00239. The predicted molar refractivity (Wildman–Crippen MR) is 72.9 cm³/mol. The molecule has 0 aromatic carbocycles. The van der Waals surface area contributed by atoms with Gasteiger partial charge in [0.1, 0.15) is 5.03 Å². The first-order valence-corrected chi connectivity index (χ1v) is 7.28. The molecule has 7 nitrogen and oxygen atoms in total. The van der Waals surface area contributed by atoms with Crippen LogP contribution in [0.25, 0.3) is 5.65 Å². The van der Waals surface area contributed by atoms with Gasteiger partial charge in [-0.3, -0.25) is 0 Å². The van der Waals surface area contributed by atoms with Gasteiger partial charge in [0, 0.05) is 5.41 Å². The van der Waals surface area contributed by atoms with Crippen molar-refractivity contribution in [1.82, 2.24) is 30.0 Å². The molecule has 3 rings (SSSR count). The zero-order valence-electron chi connectivity index (χ0n) is 12.3. The Balaban J connectivity index is 1.93. The Hall–Kier alpha value is -2.17. The maximum absolute atomic E-state index is 12.8. The average Bonchev–Trinajstić information content (AvgIpc) is 3.03. The quantitative estimate of drug-likeness (QED) is 0.707. The highest BCUT2D eigenvalue weighted by molar-refractivity contribution is 7.99. The second-order valence-electron chi connectivity index (χ2n) is 5.69. The van der Waals surface area contributed by atoms with Gasteiger partial charge in [-0.15, -0.1) is 20.4 Å². The summed E-state index contributed by atoms with van der Waals surface area (Å²) in [5, 5.41) is 18.7. The van der Waals surface area contributed by atoms with Crippen LogP contribution in [0.5, 0.6) is 0 Å². The molecule has 0 amide bonds. The largest absolute Gasteiger partial charge is 0.453 e. The molecule has 3 aromatic heterocycles. The third-order valence-electron chi connectivity index (χ3n) is 2.73. The molecule has 0 radical (unpaired) electrons. The maximum atomic E-state index is 12.8. The molecule has 0 N–H and O–H groups in total. The predicted octanol–water partition coefficient (Wildman–Crippen LogP) is 2.97. The van der Waals surface area contributed by atoms with E-state index in [1.54, 1.807) is 0 Å². The number of aromatic nitrogens is 6. The smallest absolute Gasteiger partial charge is 0.415 e. The summed E-state index contributed by atoms with van der Waals surface area (Å²) in [5.74, 6) is -0.753. The summed E-state index contributed by atoms with van der Waals surface area (Å²) in [4.78, 5) is 0. The Labute approximate surface area is 132 Å². The molecule has 0 aliphatic heterocycles. The van der Waals surface area contributed by atoms with E-state index in [-0.39, 0.29) is 21.3 Å². The second kappa shape index (κ2) is 5.18. The number of hydrogen-bond acceptors (Lipinski definition) is 7. The third kappa shape index (κ3) is 3.14. The van der Waals surface area contributed by atoms with Gasteiger partial charge in [0.05, 0.1) is 0 Å². The van der Waals surface area contributed by atoms with E-state index in [2.05, 4.69) is 25.5 Å². The summed E-state index contributed by atoms with van der Waals surface area (Å²) >= 11 is 0.967. The lowest BCUT2D eigenvalue weighted by molar-refractivity contribution is -0.146. The van der Waals surface area contributed by atoms with Gasteiger partial charge in [0.2, 0.25) is 5.89 Å². The van der Waals surface area contributed by atoms with Gasteiger partial charge in [-0.2, -0.15) is 22.8 Å². The number of hydrogen-bond donors (Lipinski definition) is 0. The molecule has 11 heteroatoms. The fraction of sp³-hybridized carbons (Fsp3) is 0.417. The highest BCUT2D eigenvalue weighted by atomic mass is 32.2. The van der Waals surface area contributed by atoms with Crippen LogP contribution in [0.15, 0.2) is 26.8 Å². The SMILES string of the molecule is CC(C)(C)c1nnc(Sc2ccc3nnc(C(F)(F)F)n3n2)o1. The number of nitrogens with zero attached hydrogens (tertiary/aromatic N) is 6. The van der Waals surface area contributed by atoms with Crippen LogP contribution in [-0.4, -0.2) is 30.0 Å². The van der Waals surface area contributed by atoms with Crippen molar-refractivity contribution in [2.75, 3.05) is 0 Å². The van der Waals surface area contributed by atoms with E-state index in [0.717, 1.165) is 11.8 Å². The Bertz CT molecular complexity index is 850. The minimum atomic E-state index is -4.64. The van der Waals surface area contributed by atoms with Gasteiger partial charge in [-0.25, -0.2) is 0 Å². The van der Waals surface area contributed by atoms with Gasteiger partial charge >= 0.3 is 6.18 Å². The average molecular weight is 344 g/mol. The number of alkyl halides is 3. The van der Waals surface area contributed by atoms with Gasteiger partial charge in [0.25, 0.3) is 11.0 Å². The lowest BCUT2D eigenvalue weighted by atomic mass is 9.97. The lowest BCUT2D eigenvalue weighted by Crippen LogP contribution is -2.12. The molecule has 0 saturated heterocycles. The van der Waals surface area contributed by atoms with Crippen molar-refractivity contribution >= 4 is 17.4 Å². The van der Waals surface area contributed by atoms with Crippen molar-refractivity contribution in [1.29, 1.82) is 0 Å². The fourth-order valence-corrected chi connectivity index (χ4v) is 2.29. The summed E-state index contributed by atoms with van der Waals surface area (Å²) in [6, 6.07) is 2.90. The number of halogens is 3. The molecule has 0 unspecified atom stereocenters. The van der Waals surface area contributed by atoms with E-state index in [1.807, 2.05) is 20.8 Å². The molecule has 23 heavy (non-hydrogen) atoms. The van der Waals surface area contributed by atoms with E-state index >= 15 is 0 Å². The van der Waals surface area contributed by atoms with Crippen molar-refractivity contribution < 1.29 is 17.6 Å². The van der Waals surface area contributed by atoms with Crippen LogP contribution in [0, 0.1) is 0 Å². The maximum Gasteiger partial charge on any atom is 0.453 e. The van der Waals surface area contributed by atoms with Crippen molar-refractivity contribution in [2.24, 2.45) is 0 Å². The van der Waals surface area contributed by atoms with E-state index in [9.17, 15) is 13.2 Å². The molecule has 3 heterocycles. The Morgan fingerprint density at radius 1 is 1.04 bits per heavy atom. The highest BCUT2D eigenvalue weighted by Gasteiger charge is 2.37. The van der Waals surface area contributed by atoms with Gasteiger partial charge in [0.15, 0.2) is 5.65 Å². The minimum Gasteiger partial charge on any atom is -0.415 e. The first-order chi connectivity index (χ1) is 10.6. The second-order valence-corrected chi connectivity index (χ2v) is 6.66. The summed E-state index contributed by atoms with van der Waals surface area (Å²) in [6.07, 6.45) is -4.64. The van der Waals surface area contributed by atoms with Crippen LogP contribution < -0.4 is 0 Å². The van der Waals surface area contributed by atoms with Crippen LogP contribution in [0.2, 0.25) is 0 Å². The molecule has 122 valence electrons. The lowest BCUT2D eigenvalue weighted by Gasteiger charge is -2.10. The van der Waals surface area contributed by atoms with E-state index in [1.165, 1.54) is 12.1 Å². The number of rotatable bonds is 2. The van der Waals surface area contributed by atoms with E-state index in [4.69, 9.17) is 4.42 Å². The fourth-order valence-electron chi connectivity index (χ4n) is 1.65. The summed E-state index contributed by atoms with van der Waals surface area (Å²) in [5.41, 5.74) is -0.316. The van der Waals surface area contributed by atoms with Gasteiger partial charge < -0.3 is 4.42 Å². The van der Waals surface area contributed by atoms with Crippen LogP contribution in [0.3, 0.4) is 0 Å². The normalized spacial score (nSPS) is 13.0. The van der Waals surface area contributed by atoms with Crippen molar-refractivity contribution in [2.45, 2.75) is 42.6 Å².